The number of hydrogen-bond acceptors (Lipinski definition) is 5. The summed E-state index contributed by atoms with van der Waals surface area (Å²) in [6.45, 7) is 4.00. The molecule has 0 unspecified atom stereocenters. The number of hydrogen-bond donors (Lipinski definition) is 1. The number of carbonyl (C=O) groups is 1. The monoisotopic (exact) mass is 378 g/mol. The van der Waals surface area contributed by atoms with Crippen LogP contribution in [0.3, 0.4) is 0 Å². The number of anilines is 1. The van der Waals surface area contributed by atoms with Gasteiger partial charge in [-0.1, -0.05) is 23.8 Å². The first-order chi connectivity index (χ1) is 13.0. The minimum atomic E-state index is -0.222. The summed E-state index contributed by atoms with van der Waals surface area (Å²) in [4.78, 5) is 18.6. The average molecular weight is 378 g/mol. The second-order valence-corrected chi connectivity index (χ2v) is 7.48. The molecule has 0 radical (unpaired) electrons. The van der Waals surface area contributed by atoms with E-state index >= 15 is 0 Å². The van der Waals surface area contributed by atoms with E-state index < -0.39 is 0 Å². The van der Waals surface area contributed by atoms with E-state index in [9.17, 15) is 4.79 Å². The highest BCUT2D eigenvalue weighted by molar-refractivity contribution is 7.14. The molecule has 136 valence electrons. The summed E-state index contributed by atoms with van der Waals surface area (Å²) in [7, 11) is 1.59. The van der Waals surface area contributed by atoms with Crippen molar-refractivity contribution in [2.24, 2.45) is 0 Å². The number of carbonyl (C=O) groups excluding carboxylic acids is 1. The van der Waals surface area contributed by atoms with E-state index in [4.69, 9.17) is 4.74 Å². The molecule has 1 amide bonds. The normalized spacial score (nSPS) is 10.9. The van der Waals surface area contributed by atoms with E-state index in [1.807, 2.05) is 50.2 Å². The highest BCUT2D eigenvalue weighted by atomic mass is 32.1. The van der Waals surface area contributed by atoms with E-state index in [2.05, 4.69) is 21.5 Å². The zero-order chi connectivity index (χ0) is 19.0. The summed E-state index contributed by atoms with van der Waals surface area (Å²) in [6, 6.07) is 15.6. The van der Waals surface area contributed by atoms with Gasteiger partial charge < -0.3 is 4.74 Å². The zero-order valence-corrected chi connectivity index (χ0v) is 16.0. The molecule has 27 heavy (non-hydrogen) atoms. The second kappa shape index (κ2) is 6.85. The van der Waals surface area contributed by atoms with Crippen LogP contribution in [0.2, 0.25) is 0 Å². The number of rotatable bonds is 4. The first-order valence-corrected chi connectivity index (χ1v) is 9.25. The number of amides is 1. The second-order valence-electron chi connectivity index (χ2n) is 6.19. The lowest BCUT2D eigenvalue weighted by atomic mass is 10.1. The van der Waals surface area contributed by atoms with Crippen LogP contribution in [-0.4, -0.2) is 27.6 Å². The standard InChI is InChI=1S/C20H18N4O2S/c1-12-5-4-6-14(11-12)15-8-9-16(26-3)18-21-20(23-24(15)18)22-19(25)17-10-7-13(2)27-17/h4-11H,1-3H3,(H,22,23,25). The van der Waals surface area contributed by atoms with E-state index in [1.165, 1.54) is 11.3 Å². The van der Waals surface area contributed by atoms with Gasteiger partial charge in [-0.2, -0.15) is 4.98 Å². The van der Waals surface area contributed by atoms with Crippen LogP contribution < -0.4 is 10.1 Å². The smallest absolute Gasteiger partial charge is 0.268 e. The maximum atomic E-state index is 12.4. The molecule has 0 spiro atoms. The van der Waals surface area contributed by atoms with E-state index in [0.717, 1.165) is 21.7 Å². The SMILES string of the molecule is COc1ccc(-c2cccc(C)c2)n2nc(NC(=O)c3ccc(C)s3)nc12. The Morgan fingerprint density at radius 2 is 2.00 bits per heavy atom. The average Bonchev–Trinajstić information content (AvgIpc) is 3.27. The largest absolute Gasteiger partial charge is 0.493 e. The Kier molecular flexibility index (Phi) is 4.37. The zero-order valence-electron chi connectivity index (χ0n) is 15.2. The summed E-state index contributed by atoms with van der Waals surface area (Å²) in [6.07, 6.45) is 0. The Balaban J connectivity index is 1.78. The molecule has 0 saturated carbocycles. The number of fused-ring (bicyclic) bond motifs is 1. The minimum Gasteiger partial charge on any atom is -0.493 e. The lowest BCUT2D eigenvalue weighted by molar-refractivity contribution is 0.102. The van der Waals surface area contributed by atoms with Gasteiger partial charge >= 0.3 is 0 Å². The number of benzene rings is 1. The van der Waals surface area contributed by atoms with Crippen molar-refractivity contribution in [2.75, 3.05) is 12.4 Å². The summed E-state index contributed by atoms with van der Waals surface area (Å²) >= 11 is 1.43. The third-order valence-electron chi connectivity index (χ3n) is 4.17. The van der Waals surface area contributed by atoms with Crippen molar-refractivity contribution in [2.45, 2.75) is 13.8 Å². The molecular formula is C20H18N4O2S. The van der Waals surface area contributed by atoms with Crippen molar-refractivity contribution < 1.29 is 9.53 Å². The van der Waals surface area contributed by atoms with Gasteiger partial charge in [0.15, 0.2) is 11.4 Å². The number of pyridine rings is 1. The maximum Gasteiger partial charge on any atom is 0.268 e. The van der Waals surface area contributed by atoms with Crippen LogP contribution in [0.15, 0.2) is 48.5 Å². The molecular weight excluding hydrogens is 360 g/mol. The number of aromatic nitrogens is 3. The van der Waals surface area contributed by atoms with Crippen LogP contribution >= 0.6 is 11.3 Å². The Hall–Kier alpha value is -3.19. The van der Waals surface area contributed by atoms with Crippen molar-refractivity contribution in [3.8, 4) is 17.0 Å². The molecule has 0 atom stereocenters. The van der Waals surface area contributed by atoms with Gasteiger partial charge in [-0.05, 0) is 44.2 Å². The molecule has 6 nitrogen and oxygen atoms in total. The van der Waals surface area contributed by atoms with Crippen molar-refractivity contribution in [3.05, 3.63) is 63.8 Å². The molecule has 1 aromatic carbocycles. The molecule has 4 aromatic rings. The lowest BCUT2D eigenvalue weighted by Gasteiger charge is -2.07. The molecule has 3 aromatic heterocycles. The Morgan fingerprint density at radius 1 is 1.15 bits per heavy atom. The van der Waals surface area contributed by atoms with Crippen molar-refractivity contribution in [1.82, 2.24) is 14.6 Å². The predicted octanol–water partition coefficient (Wildman–Crippen LogP) is 4.34. The third kappa shape index (κ3) is 3.29. The number of aryl methyl sites for hydroxylation is 2. The van der Waals surface area contributed by atoms with Gasteiger partial charge in [0.05, 0.1) is 17.7 Å². The summed E-state index contributed by atoms with van der Waals surface area (Å²) < 4.78 is 7.11. The molecule has 4 rings (SSSR count). The quantitative estimate of drug-likeness (QED) is 0.574. The maximum absolute atomic E-state index is 12.4. The van der Waals surface area contributed by atoms with Crippen LogP contribution in [0.1, 0.15) is 20.1 Å². The fraction of sp³-hybridized carbons (Fsp3) is 0.150. The van der Waals surface area contributed by atoms with Gasteiger partial charge in [0.2, 0.25) is 5.95 Å². The summed E-state index contributed by atoms with van der Waals surface area (Å²) in [5.74, 6) is 0.607. The molecule has 0 aliphatic rings. The van der Waals surface area contributed by atoms with Crippen molar-refractivity contribution in [1.29, 1.82) is 0 Å². The molecule has 3 heterocycles. The van der Waals surface area contributed by atoms with Crippen LogP contribution in [0.4, 0.5) is 5.95 Å². The molecule has 0 bridgehead atoms. The van der Waals surface area contributed by atoms with E-state index in [0.29, 0.717) is 16.3 Å². The molecule has 0 saturated heterocycles. The van der Waals surface area contributed by atoms with E-state index in [1.54, 1.807) is 17.7 Å². The molecule has 0 aliphatic carbocycles. The highest BCUT2D eigenvalue weighted by Gasteiger charge is 2.16. The van der Waals surface area contributed by atoms with E-state index in [-0.39, 0.29) is 11.9 Å². The van der Waals surface area contributed by atoms with Crippen LogP contribution in [0.25, 0.3) is 16.9 Å². The van der Waals surface area contributed by atoms with Crippen LogP contribution in [0, 0.1) is 13.8 Å². The highest BCUT2D eigenvalue weighted by Crippen LogP contribution is 2.27. The molecule has 7 heteroatoms. The minimum absolute atomic E-state index is 0.222. The Labute approximate surface area is 160 Å². The number of thiophene rings is 1. The third-order valence-corrected chi connectivity index (χ3v) is 5.17. The summed E-state index contributed by atoms with van der Waals surface area (Å²) in [5.41, 5.74) is 3.58. The molecule has 0 aliphatic heterocycles. The number of nitrogens with one attached hydrogen (secondary N) is 1. The fourth-order valence-electron chi connectivity index (χ4n) is 2.89. The Bertz CT molecular complexity index is 1150. The van der Waals surface area contributed by atoms with Gasteiger partial charge in [0.25, 0.3) is 5.91 Å². The van der Waals surface area contributed by atoms with Crippen LogP contribution in [0.5, 0.6) is 5.75 Å². The lowest BCUT2D eigenvalue weighted by Crippen LogP contribution is -2.11. The van der Waals surface area contributed by atoms with Crippen molar-refractivity contribution in [3.63, 3.8) is 0 Å². The van der Waals surface area contributed by atoms with Gasteiger partial charge in [-0.3, -0.25) is 10.1 Å². The van der Waals surface area contributed by atoms with Gasteiger partial charge in [-0.15, -0.1) is 16.4 Å². The Morgan fingerprint density at radius 3 is 2.70 bits per heavy atom. The predicted molar refractivity (Wildman–Crippen MR) is 107 cm³/mol. The first-order valence-electron chi connectivity index (χ1n) is 8.44. The number of nitrogens with zero attached hydrogens (tertiary/aromatic N) is 3. The van der Waals surface area contributed by atoms with Crippen LogP contribution in [-0.2, 0) is 0 Å². The fourth-order valence-corrected chi connectivity index (χ4v) is 3.66. The van der Waals surface area contributed by atoms with Crippen molar-refractivity contribution >= 4 is 28.8 Å². The number of ether oxygens (including phenoxy) is 1. The van der Waals surface area contributed by atoms with Gasteiger partial charge in [0, 0.05) is 10.4 Å². The van der Waals surface area contributed by atoms with Gasteiger partial charge in [-0.25, -0.2) is 4.52 Å². The number of methoxy groups -OCH3 is 1. The molecule has 1 N–H and O–H groups in total. The summed E-state index contributed by atoms with van der Waals surface area (Å²) in [5, 5.41) is 7.27. The molecule has 0 fully saturated rings. The topological polar surface area (TPSA) is 68.5 Å². The van der Waals surface area contributed by atoms with Gasteiger partial charge in [0.1, 0.15) is 0 Å². The first kappa shape index (κ1) is 17.2.